The standard InChI is InChI=1S/C42H47N7O8/c1-23(46-40(50)29-19-43-38-36(29)44-21-45-37(38)34-31(55-20-24-8-9-24)12-13-32-39(34)57-22-56-32)41(51)48-16-14-26(15-17-48)49-42(52)28-7-5-4-6-27(28)35(47-49)25-10-11-30(53-2)33(18-25)54-3/h10-13,18-19,21,23-24,26-28,43H,4-9,14-17,20,22H2,1-3H3,(H,46,50)/t23-,27+,28-/m1/s1. The van der Waals surface area contributed by atoms with E-state index in [1.165, 1.54) is 6.33 Å². The van der Waals surface area contributed by atoms with Gasteiger partial charge < -0.3 is 38.9 Å². The zero-order chi connectivity index (χ0) is 39.2. The van der Waals surface area contributed by atoms with Gasteiger partial charge in [0.05, 0.1) is 49.2 Å². The van der Waals surface area contributed by atoms with Crippen LogP contribution >= 0.6 is 0 Å². The molecule has 2 aromatic heterocycles. The molecule has 3 atom stereocenters. The van der Waals surface area contributed by atoms with Gasteiger partial charge in [-0.1, -0.05) is 12.8 Å². The van der Waals surface area contributed by atoms with Crippen LogP contribution in [-0.2, 0) is 9.59 Å². The Balaban J connectivity index is 0.884. The molecule has 4 aromatic rings. The minimum absolute atomic E-state index is 0.0491. The van der Waals surface area contributed by atoms with E-state index < -0.39 is 11.9 Å². The predicted octanol–water partition coefficient (Wildman–Crippen LogP) is 5.32. The minimum atomic E-state index is -0.806. The lowest BCUT2D eigenvalue weighted by Gasteiger charge is -2.43. The highest BCUT2D eigenvalue weighted by Crippen LogP contribution is 2.48. The Morgan fingerprint density at radius 2 is 1.72 bits per heavy atom. The van der Waals surface area contributed by atoms with E-state index in [4.69, 9.17) is 28.8 Å². The zero-order valence-corrected chi connectivity index (χ0v) is 32.4. The lowest BCUT2D eigenvalue weighted by molar-refractivity contribution is -0.143. The lowest BCUT2D eigenvalue weighted by atomic mass is 9.73. The molecular formula is C42H47N7O8. The van der Waals surface area contributed by atoms with Crippen LogP contribution in [0.4, 0.5) is 0 Å². The summed E-state index contributed by atoms with van der Waals surface area (Å²) in [4.78, 5) is 55.4. The van der Waals surface area contributed by atoms with Crippen molar-refractivity contribution in [3.8, 4) is 40.0 Å². The number of nitrogens with one attached hydrogen (secondary N) is 2. The monoisotopic (exact) mass is 777 g/mol. The zero-order valence-electron chi connectivity index (χ0n) is 32.4. The second-order valence-corrected chi connectivity index (χ2v) is 15.6. The molecule has 1 saturated heterocycles. The number of carbonyl (C=O) groups excluding carboxylic acids is 3. The molecule has 0 unspecified atom stereocenters. The summed E-state index contributed by atoms with van der Waals surface area (Å²) in [6.07, 6.45) is 10.2. The van der Waals surface area contributed by atoms with Crippen molar-refractivity contribution in [3.05, 3.63) is 54.0 Å². The number of carbonyl (C=O) groups is 3. The summed E-state index contributed by atoms with van der Waals surface area (Å²) in [5, 5.41) is 9.64. The summed E-state index contributed by atoms with van der Waals surface area (Å²) in [7, 11) is 3.22. The van der Waals surface area contributed by atoms with Gasteiger partial charge in [-0.25, -0.2) is 15.0 Å². The third kappa shape index (κ3) is 6.86. The Labute approximate surface area is 330 Å². The van der Waals surface area contributed by atoms with E-state index in [1.54, 1.807) is 37.2 Å². The molecule has 15 nitrogen and oxygen atoms in total. The molecule has 3 fully saturated rings. The summed E-state index contributed by atoms with van der Waals surface area (Å²) in [5.74, 6) is 2.87. The maximum atomic E-state index is 14.0. The number of nitrogens with zero attached hydrogens (tertiary/aromatic N) is 5. The molecule has 3 aliphatic heterocycles. The number of rotatable bonds is 11. The number of hydrogen-bond acceptors (Lipinski definition) is 11. The van der Waals surface area contributed by atoms with E-state index in [-0.39, 0.29) is 42.0 Å². The molecule has 2 aromatic carbocycles. The molecule has 0 spiro atoms. The van der Waals surface area contributed by atoms with Crippen LogP contribution in [0.2, 0.25) is 0 Å². The third-order valence-corrected chi connectivity index (χ3v) is 12.0. The summed E-state index contributed by atoms with van der Waals surface area (Å²) in [6, 6.07) is 8.53. The first kappa shape index (κ1) is 36.8. The summed E-state index contributed by atoms with van der Waals surface area (Å²) < 4.78 is 28.8. The van der Waals surface area contributed by atoms with E-state index >= 15 is 0 Å². The highest BCUT2D eigenvalue weighted by atomic mass is 16.7. The fourth-order valence-corrected chi connectivity index (χ4v) is 8.73. The van der Waals surface area contributed by atoms with Crippen molar-refractivity contribution in [3.63, 3.8) is 0 Å². The van der Waals surface area contributed by atoms with Gasteiger partial charge in [-0.3, -0.25) is 14.4 Å². The summed E-state index contributed by atoms with van der Waals surface area (Å²) >= 11 is 0. The Bertz CT molecular complexity index is 2240. The van der Waals surface area contributed by atoms with E-state index in [0.717, 1.165) is 49.8 Å². The number of hydrazone groups is 1. The van der Waals surface area contributed by atoms with Crippen LogP contribution in [0, 0.1) is 17.8 Å². The lowest BCUT2D eigenvalue weighted by Crippen LogP contribution is -2.55. The molecule has 2 saturated carbocycles. The quantitative estimate of drug-likeness (QED) is 0.203. The number of piperidine rings is 1. The van der Waals surface area contributed by atoms with Gasteiger partial charge in [0, 0.05) is 36.7 Å². The number of likely N-dealkylation sites (tertiary alicyclic amines) is 1. The van der Waals surface area contributed by atoms with Gasteiger partial charge in [0.25, 0.3) is 5.91 Å². The molecule has 5 aliphatic rings. The molecule has 3 amide bonds. The molecule has 0 radical (unpaired) electrons. The highest BCUT2D eigenvalue weighted by molar-refractivity contribution is 6.09. The molecule has 9 rings (SSSR count). The summed E-state index contributed by atoms with van der Waals surface area (Å²) in [5.41, 5.74) is 4.20. The number of hydrogen-bond donors (Lipinski definition) is 2. The molecule has 2 N–H and O–H groups in total. The van der Waals surface area contributed by atoms with Crippen LogP contribution in [0.5, 0.6) is 28.7 Å². The first-order valence-electron chi connectivity index (χ1n) is 19.9. The number of ether oxygens (including phenoxy) is 5. The number of amides is 3. The smallest absolute Gasteiger partial charge is 0.255 e. The topological polar surface area (TPSA) is 170 Å². The average molecular weight is 778 g/mol. The fourth-order valence-electron chi connectivity index (χ4n) is 8.73. The molecule has 57 heavy (non-hydrogen) atoms. The minimum Gasteiger partial charge on any atom is -0.493 e. The first-order chi connectivity index (χ1) is 27.8. The SMILES string of the molecule is COc1ccc(C2=NN(C3CCN(C(=O)[C@@H](C)NC(=O)c4c[nH]c5c(-c6c(OCC7CC7)ccc7c6OCO7)ncnc45)CC3)C(=O)[C@@H]3CCCC[C@H]23)cc1OC. The Morgan fingerprint density at radius 1 is 0.947 bits per heavy atom. The van der Waals surface area contributed by atoms with E-state index in [0.29, 0.717) is 89.5 Å². The van der Waals surface area contributed by atoms with Crippen LogP contribution in [0.3, 0.4) is 0 Å². The van der Waals surface area contributed by atoms with Crippen molar-refractivity contribution >= 4 is 34.5 Å². The van der Waals surface area contributed by atoms with Gasteiger partial charge in [-0.05, 0) is 81.7 Å². The Morgan fingerprint density at radius 3 is 2.49 bits per heavy atom. The van der Waals surface area contributed by atoms with Crippen molar-refractivity contribution in [1.29, 1.82) is 0 Å². The number of fused-ring (bicyclic) bond motifs is 3. The highest BCUT2D eigenvalue weighted by Gasteiger charge is 2.44. The van der Waals surface area contributed by atoms with E-state index in [2.05, 4.69) is 20.3 Å². The molecule has 15 heteroatoms. The largest absolute Gasteiger partial charge is 0.493 e. The summed E-state index contributed by atoms with van der Waals surface area (Å²) in [6.45, 7) is 3.23. The molecule has 298 valence electrons. The molecule has 5 heterocycles. The van der Waals surface area contributed by atoms with Crippen molar-refractivity contribution < 1.29 is 38.1 Å². The number of benzene rings is 2. The van der Waals surface area contributed by atoms with Crippen molar-refractivity contribution in [2.45, 2.75) is 70.4 Å². The van der Waals surface area contributed by atoms with Crippen LogP contribution in [0.25, 0.3) is 22.3 Å². The number of H-pyrrole nitrogens is 1. The van der Waals surface area contributed by atoms with Crippen LogP contribution in [0.15, 0.2) is 48.0 Å². The third-order valence-electron chi connectivity index (χ3n) is 12.0. The van der Waals surface area contributed by atoms with Crippen LogP contribution < -0.4 is 29.0 Å². The normalized spacial score (nSPS) is 21.2. The average Bonchev–Trinajstić information content (AvgIpc) is 3.77. The van der Waals surface area contributed by atoms with Crippen molar-refractivity contribution in [2.75, 3.05) is 40.7 Å². The number of aromatic nitrogens is 3. The Hall–Kier alpha value is -5.86. The molecule has 2 aliphatic carbocycles. The van der Waals surface area contributed by atoms with Gasteiger partial charge >= 0.3 is 0 Å². The van der Waals surface area contributed by atoms with Crippen molar-refractivity contribution in [1.82, 2.24) is 30.2 Å². The van der Waals surface area contributed by atoms with Gasteiger partial charge in [0.2, 0.25) is 18.6 Å². The van der Waals surface area contributed by atoms with Gasteiger partial charge in [0.1, 0.15) is 29.3 Å². The van der Waals surface area contributed by atoms with Gasteiger partial charge in [-0.15, -0.1) is 0 Å². The van der Waals surface area contributed by atoms with E-state index in [9.17, 15) is 14.4 Å². The number of aromatic amines is 1. The first-order valence-corrected chi connectivity index (χ1v) is 19.9. The number of methoxy groups -OCH3 is 2. The maximum Gasteiger partial charge on any atom is 0.255 e. The van der Waals surface area contributed by atoms with E-state index in [1.807, 2.05) is 30.3 Å². The van der Waals surface area contributed by atoms with Gasteiger partial charge in [0.15, 0.2) is 23.0 Å². The van der Waals surface area contributed by atoms with Crippen molar-refractivity contribution in [2.24, 2.45) is 22.9 Å². The second kappa shape index (κ2) is 15.2. The van der Waals surface area contributed by atoms with Crippen LogP contribution in [0.1, 0.15) is 74.2 Å². The predicted molar refractivity (Wildman–Crippen MR) is 209 cm³/mol. The fraction of sp³-hybridized carbons (Fsp3) is 0.476. The maximum absolute atomic E-state index is 14.0. The molecule has 0 bridgehead atoms. The second-order valence-electron chi connectivity index (χ2n) is 15.6. The Kier molecular flexibility index (Phi) is 9.83. The molecular weight excluding hydrogens is 731 g/mol. The van der Waals surface area contributed by atoms with Gasteiger partial charge in [-0.2, -0.15) is 5.10 Å². The van der Waals surface area contributed by atoms with Crippen LogP contribution in [-0.4, -0.2) is 101 Å².